The van der Waals surface area contributed by atoms with Crippen molar-refractivity contribution in [1.82, 2.24) is 10.3 Å². The molecule has 5 rings (SSSR count). The molecule has 0 aromatic carbocycles. The minimum absolute atomic E-state index is 0.183. The van der Waals surface area contributed by atoms with Crippen molar-refractivity contribution in [3.05, 3.63) is 124 Å². The molecule has 1 fully saturated rings. The van der Waals surface area contributed by atoms with Crippen LogP contribution in [-0.4, -0.2) is 17.7 Å². The Kier molecular flexibility index (Phi) is 5.60. The Bertz CT molecular complexity index is 1110. The first-order valence-corrected chi connectivity index (χ1v) is 10.8. The minimum atomic E-state index is -1.47. The van der Waals surface area contributed by atoms with E-state index in [0.29, 0.717) is 31.0 Å². The van der Waals surface area contributed by atoms with Crippen molar-refractivity contribution in [2.75, 3.05) is 6.61 Å². The smallest absolute Gasteiger partial charge is 0.326 e. The monoisotopic (exact) mass is 428 g/mol. The fraction of sp³-hybridized carbons (Fsp3) is 0.231. The predicted octanol–water partition coefficient (Wildman–Crippen LogP) is 4.03. The Labute approximate surface area is 186 Å². The molecule has 1 N–H and O–H groups in total. The maximum absolute atomic E-state index is 13.1. The van der Waals surface area contributed by atoms with E-state index in [9.17, 15) is 4.79 Å². The molecule has 2 atom stereocenters. The van der Waals surface area contributed by atoms with Gasteiger partial charge in [-0.3, -0.25) is 4.79 Å². The first-order valence-electron chi connectivity index (χ1n) is 10.8. The molecule has 0 saturated carbocycles. The standard InChI is InChI=1S/C26H24N2O4/c29-21-14-7-9-17-28-25(21)26(22-15-10-18-30-22)31-23(19-11-4-1-2-5-12-19)24(32-26)20-13-6-3-8-16-27-20/h1-9,11,13-14,16-17,22,27H,10,12,15,18H2. The van der Waals surface area contributed by atoms with E-state index < -0.39 is 11.9 Å². The van der Waals surface area contributed by atoms with Gasteiger partial charge in [-0.15, -0.1) is 0 Å². The van der Waals surface area contributed by atoms with Crippen LogP contribution >= 0.6 is 0 Å². The maximum atomic E-state index is 13.1. The lowest BCUT2D eigenvalue weighted by molar-refractivity contribution is -0.230. The Balaban J connectivity index is 1.68. The van der Waals surface area contributed by atoms with Gasteiger partial charge >= 0.3 is 5.79 Å². The molecular weight excluding hydrogens is 404 g/mol. The van der Waals surface area contributed by atoms with Crippen LogP contribution in [0.5, 0.6) is 0 Å². The quantitative estimate of drug-likeness (QED) is 0.781. The van der Waals surface area contributed by atoms with E-state index in [1.807, 2.05) is 54.8 Å². The molecule has 0 bridgehead atoms. The van der Waals surface area contributed by atoms with Gasteiger partial charge in [0.05, 0.1) is 5.70 Å². The average Bonchev–Trinajstić information content (AvgIpc) is 3.18. The van der Waals surface area contributed by atoms with Gasteiger partial charge in [0.2, 0.25) is 5.43 Å². The molecule has 1 saturated heterocycles. The summed E-state index contributed by atoms with van der Waals surface area (Å²) in [5, 5.41) is 3.26. The third kappa shape index (κ3) is 3.74. The van der Waals surface area contributed by atoms with Crippen LogP contribution in [0.2, 0.25) is 0 Å². The van der Waals surface area contributed by atoms with Gasteiger partial charge in [0.25, 0.3) is 0 Å². The third-order valence-corrected chi connectivity index (χ3v) is 5.63. The predicted molar refractivity (Wildman–Crippen MR) is 121 cm³/mol. The fourth-order valence-corrected chi connectivity index (χ4v) is 4.12. The number of hydrogen-bond donors (Lipinski definition) is 1. The number of nitrogens with zero attached hydrogens (tertiary/aromatic N) is 1. The number of aromatic nitrogens is 1. The number of rotatable bonds is 4. The first kappa shape index (κ1) is 20.3. The average molecular weight is 428 g/mol. The zero-order chi connectivity index (χ0) is 21.8. The molecule has 1 aromatic rings. The number of nitrogens with one attached hydrogen (secondary N) is 1. The van der Waals surface area contributed by atoms with Crippen molar-refractivity contribution >= 4 is 0 Å². The number of hydrogen-bond acceptors (Lipinski definition) is 6. The van der Waals surface area contributed by atoms with Gasteiger partial charge in [0.15, 0.2) is 17.2 Å². The summed E-state index contributed by atoms with van der Waals surface area (Å²) in [6.45, 7) is 0.581. The summed E-state index contributed by atoms with van der Waals surface area (Å²) in [5.41, 5.74) is 1.60. The molecule has 32 heavy (non-hydrogen) atoms. The van der Waals surface area contributed by atoms with Gasteiger partial charge < -0.3 is 19.5 Å². The van der Waals surface area contributed by atoms with E-state index in [2.05, 4.69) is 16.4 Å². The van der Waals surface area contributed by atoms with Crippen LogP contribution in [0.25, 0.3) is 0 Å². The molecule has 1 aliphatic carbocycles. The molecule has 1 aromatic heterocycles. The summed E-state index contributed by atoms with van der Waals surface area (Å²) in [6.07, 6.45) is 22.8. The van der Waals surface area contributed by atoms with Crippen LogP contribution < -0.4 is 10.7 Å². The van der Waals surface area contributed by atoms with Crippen molar-refractivity contribution in [2.45, 2.75) is 31.2 Å². The van der Waals surface area contributed by atoms with Crippen LogP contribution in [0.4, 0.5) is 0 Å². The zero-order valence-electron chi connectivity index (χ0n) is 17.6. The third-order valence-electron chi connectivity index (χ3n) is 5.63. The van der Waals surface area contributed by atoms with Gasteiger partial charge in [0, 0.05) is 24.6 Å². The summed E-state index contributed by atoms with van der Waals surface area (Å²) in [7, 11) is 0. The van der Waals surface area contributed by atoms with Crippen molar-refractivity contribution < 1.29 is 14.2 Å². The highest BCUT2D eigenvalue weighted by Gasteiger charge is 2.56. The van der Waals surface area contributed by atoms with Crippen LogP contribution in [-0.2, 0) is 20.0 Å². The zero-order valence-corrected chi connectivity index (χ0v) is 17.6. The van der Waals surface area contributed by atoms with Crippen LogP contribution in [0.1, 0.15) is 25.0 Å². The molecule has 3 aliphatic heterocycles. The van der Waals surface area contributed by atoms with E-state index in [0.717, 1.165) is 17.7 Å². The second-order valence-corrected chi connectivity index (χ2v) is 7.75. The Morgan fingerprint density at radius 3 is 2.78 bits per heavy atom. The summed E-state index contributed by atoms with van der Waals surface area (Å²) in [6, 6.07) is 4.86. The van der Waals surface area contributed by atoms with Gasteiger partial charge in [-0.25, -0.2) is 4.98 Å². The molecule has 162 valence electrons. The number of allylic oxidation sites excluding steroid dienone is 10. The second kappa shape index (κ2) is 8.85. The lowest BCUT2D eigenvalue weighted by Crippen LogP contribution is -2.45. The van der Waals surface area contributed by atoms with E-state index in [-0.39, 0.29) is 11.1 Å². The van der Waals surface area contributed by atoms with Crippen LogP contribution in [0, 0.1) is 0 Å². The summed E-state index contributed by atoms with van der Waals surface area (Å²) >= 11 is 0. The minimum Gasteiger partial charge on any atom is -0.440 e. The summed E-state index contributed by atoms with van der Waals surface area (Å²) in [5.74, 6) is -0.369. The maximum Gasteiger partial charge on any atom is 0.326 e. The highest BCUT2D eigenvalue weighted by atomic mass is 16.8. The molecular formula is C26H24N2O4. The largest absolute Gasteiger partial charge is 0.440 e. The van der Waals surface area contributed by atoms with Crippen molar-refractivity contribution in [1.29, 1.82) is 0 Å². The first-order chi connectivity index (χ1) is 15.8. The Hall–Kier alpha value is -3.64. The second-order valence-electron chi connectivity index (χ2n) is 7.75. The van der Waals surface area contributed by atoms with E-state index >= 15 is 0 Å². The molecule has 4 aliphatic rings. The van der Waals surface area contributed by atoms with Gasteiger partial charge in [0.1, 0.15) is 6.10 Å². The fourth-order valence-electron chi connectivity index (χ4n) is 4.12. The SMILES string of the molecule is O=c1ccccnc1C1(C2CCCO2)OC(C2=CC=CC=CC2)=C(C2=CC=CC=CN2)O1. The van der Waals surface area contributed by atoms with Crippen LogP contribution in [0.15, 0.2) is 113 Å². The molecule has 2 unspecified atom stereocenters. The topological polar surface area (TPSA) is 69.7 Å². The molecule has 4 heterocycles. The highest BCUT2D eigenvalue weighted by Crippen LogP contribution is 2.48. The molecule has 0 amide bonds. The normalized spacial score (nSPS) is 26.6. The van der Waals surface area contributed by atoms with E-state index in [4.69, 9.17) is 14.2 Å². The number of ether oxygens (including phenoxy) is 3. The lowest BCUT2D eigenvalue weighted by Gasteiger charge is -2.32. The molecule has 6 nitrogen and oxygen atoms in total. The van der Waals surface area contributed by atoms with Gasteiger partial charge in [-0.2, -0.15) is 0 Å². The Morgan fingerprint density at radius 1 is 1.00 bits per heavy atom. The highest BCUT2D eigenvalue weighted by molar-refractivity contribution is 5.46. The van der Waals surface area contributed by atoms with Crippen molar-refractivity contribution in [3.63, 3.8) is 0 Å². The van der Waals surface area contributed by atoms with Crippen molar-refractivity contribution in [2.24, 2.45) is 0 Å². The van der Waals surface area contributed by atoms with Crippen molar-refractivity contribution in [3.8, 4) is 0 Å². The molecule has 0 radical (unpaired) electrons. The summed E-state index contributed by atoms with van der Waals surface area (Å²) < 4.78 is 19.3. The summed E-state index contributed by atoms with van der Waals surface area (Å²) in [4.78, 5) is 17.5. The molecule has 0 spiro atoms. The van der Waals surface area contributed by atoms with E-state index in [1.54, 1.807) is 18.3 Å². The molecule has 6 heteroatoms. The van der Waals surface area contributed by atoms with E-state index in [1.165, 1.54) is 6.07 Å². The van der Waals surface area contributed by atoms with Gasteiger partial charge in [-0.05, 0) is 43.5 Å². The van der Waals surface area contributed by atoms with Crippen LogP contribution in [0.3, 0.4) is 0 Å². The lowest BCUT2D eigenvalue weighted by atomic mass is 10.0. The van der Waals surface area contributed by atoms with Gasteiger partial charge in [-0.1, -0.05) is 48.6 Å². The Morgan fingerprint density at radius 2 is 1.88 bits per heavy atom.